The van der Waals surface area contributed by atoms with E-state index in [-0.39, 0.29) is 12.1 Å². The fourth-order valence-electron chi connectivity index (χ4n) is 1.83. The molecule has 2 nitrogen and oxygen atoms in total. The van der Waals surface area contributed by atoms with Crippen molar-refractivity contribution in [2.75, 3.05) is 7.05 Å². The molecule has 0 radical (unpaired) electrons. The van der Waals surface area contributed by atoms with Crippen LogP contribution in [0.4, 0.5) is 0 Å². The van der Waals surface area contributed by atoms with Crippen LogP contribution in [0, 0.1) is 0 Å². The van der Waals surface area contributed by atoms with Gasteiger partial charge in [0.1, 0.15) is 0 Å². The first-order valence-corrected chi connectivity index (χ1v) is 4.26. The van der Waals surface area contributed by atoms with Gasteiger partial charge in [0.25, 0.3) is 0 Å². The summed E-state index contributed by atoms with van der Waals surface area (Å²) in [7, 11) is 1.89. The predicted molar refractivity (Wildman–Crippen MR) is 48.0 cm³/mol. The van der Waals surface area contributed by atoms with E-state index in [0.29, 0.717) is 0 Å². The third kappa shape index (κ3) is 1.04. The molecule has 0 saturated heterocycles. The van der Waals surface area contributed by atoms with E-state index in [0.717, 1.165) is 12.0 Å². The summed E-state index contributed by atoms with van der Waals surface area (Å²) >= 11 is 0. The molecule has 2 heteroatoms. The fraction of sp³-hybridized carbons (Fsp3) is 0.400. The van der Waals surface area contributed by atoms with Gasteiger partial charge in [-0.1, -0.05) is 24.3 Å². The molecule has 0 bridgehead atoms. The second kappa shape index (κ2) is 2.88. The van der Waals surface area contributed by atoms with Crippen molar-refractivity contribution in [3.63, 3.8) is 0 Å². The van der Waals surface area contributed by atoms with Crippen LogP contribution in [0.25, 0.3) is 0 Å². The van der Waals surface area contributed by atoms with Gasteiger partial charge in [0.15, 0.2) is 0 Å². The van der Waals surface area contributed by atoms with Crippen LogP contribution in [0.3, 0.4) is 0 Å². The summed E-state index contributed by atoms with van der Waals surface area (Å²) in [6, 6.07) is 8.26. The maximum Gasteiger partial charge on any atom is 0.0948 e. The number of nitrogens with one attached hydrogen (secondary N) is 1. The zero-order chi connectivity index (χ0) is 8.55. The number of fused-ring (bicyclic) bond motifs is 1. The smallest absolute Gasteiger partial charge is 0.0948 e. The lowest BCUT2D eigenvalue weighted by atomic mass is 10.1. The molecule has 2 atom stereocenters. The standard InChI is InChI=1S/C10H13NO/c1-11-9-6-7-4-2-3-5-8(7)10(9)12/h2-5,9-12H,6H2,1H3/t9-,10-/m0/s1. The topological polar surface area (TPSA) is 32.3 Å². The minimum absolute atomic E-state index is 0.197. The number of hydrogen-bond donors (Lipinski definition) is 2. The summed E-state index contributed by atoms with van der Waals surface area (Å²) in [6.07, 6.45) is 0.611. The first-order valence-electron chi connectivity index (χ1n) is 4.26. The Hall–Kier alpha value is -0.860. The molecule has 1 aliphatic rings. The van der Waals surface area contributed by atoms with Crippen molar-refractivity contribution in [3.8, 4) is 0 Å². The summed E-state index contributed by atoms with van der Waals surface area (Å²) in [5.74, 6) is 0. The molecule has 0 fully saturated rings. The Morgan fingerprint density at radius 3 is 2.83 bits per heavy atom. The third-order valence-corrected chi connectivity index (χ3v) is 2.57. The Labute approximate surface area is 72.2 Å². The SMILES string of the molecule is CN[C@H]1Cc2ccccc2[C@@H]1O. The maximum absolute atomic E-state index is 9.78. The van der Waals surface area contributed by atoms with Gasteiger partial charge < -0.3 is 10.4 Å². The molecule has 12 heavy (non-hydrogen) atoms. The number of aliphatic hydroxyl groups is 1. The van der Waals surface area contributed by atoms with Crippen molar-refractivity contribution in [2.24, 2.45) is 0 Å². The van der Waals surface area contributed by atoms with Crippen molar-refractivity contribution >= 4 is 0 Å². The molecule has 64 valence electrons. The van der Waals surface area contributed by atoms with Gasteiger partial charge in [-0.3, -0.25) is 0 Å². The maximum atomic E-state index is 9.78. The molecule has 2 N–H and O–H groups in total. The van der Waals surface area contributed by atoms with E-state index >= 15 is 0 Å². The summed E-state index contributed by atoms with van der Waals surface area (Å²) in [5, 5.41) is 12.9. The van der Waals surface area contributed by atoms with Crippen LogP contribution in [0.1, 0.15) is 17.2 Å². The highest BCUT2D eigenvalue weighted by molar-refractivity contribution is 5.35. The Bertz CT molecular complexity index is 285. The summed E-state index contributed by atoms with van der Waals surface area (Å²) < 4.78 is 0. The highest BCUT2D eigenvalue weighted by atomic mass is 16.3. The van der Waals surface area contributed by atoms with Crippen LogP contribution < -0.4 is 5.32 Å². The zero-order valence-corrected chi connectivity index (χ0v) is 7.12. The molecule has 0 aliphatic heterocycles. The van der Waals surface area contributed by atoms with Crippen LogP contribution in [-0.2, 0) is 6.42 Å². The van der Waals surface area contributed by atoms with Crippen molar-refractivity contribution < 1.29 is 5.11 Å². The van der Waals surface area contributed by atoms with Crippen LogP contribution >= 0.6 is 0 Å². The molecule has 0 aromatic heterocycles. The van der Waals surface area contributed by atoms with E-state index in [1.165, 1.54) is 5.56 Å². The zero-order valence-electron chi connectivity index (χ0n) is 7.12. The van der Waals surface area contributed by atoms with Crippen LogP contribution in [0.2, 0.25) is 0 Å². The molecule has 2 rings (SSSR count). The average molecular weight is 163 g/mol. The van der Waals surface area contributed by atoms with E-state index in [9.17, 15) is 5.11 Å². The number of benzene rings is 1. The molecule has 1 aromatic carbocycles. The Morgan fingerprint density at radius 2 is 2.17 bits per heavy atom. The second-order valence-corrected chi connectivity index (χ2v) is 3.24. The monoisotopic (exact) mass is 163 g/mol. The lowest BCUT2D eigenvalue weighted by Gasteiger charge is -2.12. The highest BCUT2D eigenvalue weighted by Gasteiger charge is 2.28. The van der Waals surface area contributed by atoms with Gasteiger partial charge in [-0.05, 0) is 24.6 Å². The first-order chi connectivity index (χ1) is 5.83. The van der Waals surface area contributed by atoms with Gasteiger partial charge >= 0.3 is 0 Å². The van der Waals surface area contributed by atoms with E-state index < -0.39 is 0 Å². The van der Waals surface area contributed by atoms with Crippen molar-refractivity contribution in [1.82, 2.24) is 5.32 Å². The predicted octanol–water partition coefficient (Wildman–Crippen LogP) is 0.864. The van der Waals surface area contributed by atoms with E-state index in [1.54, 1.807) is 0 Å². The third-order valence-electron chi connectivity index (χ3n) is 2.57. The van der Waals surface area contributed by atoms with Gasteiger partial charge in [0.05, 0.1) is 6.10 Å². The van der Waals surface area contributed by atoms with E-state index in [2.05, 4.69) is 11.4 Å². The Kier molecular flexibility index (Phi) is 1.87. The first kappa shape index (κ1) is 7.77. The van der Waals surface area contributed by atoms with Gasteiger partial charge in [-0.2, -0.15) is 0 Å². The van der Waals surface area contributed by atoms with Crippen LogP contribution in [-0.4, -0.2) is 18.2 Å². The lowest BCUT2D eigenvalue weighted by Crippen LogP contribution is -2.29. The van der Waals surface area contributed by atoms with Gasteiger partial charge in [-0.25, -0.2) is 0 Å². The molecular weight excluding hydrogens is 150 g/mol. The molecule has 1 aliphatic carbocycles. The van der Waals surface area contributed by atoms with Gasteiger partial charge in [-0.15, -0.1) is 0 Å². The molecule has 0 unspecified atom stereocenters. The number of hydrogen-bond acceptors (Lipinski definition) is 2. The van der Waals surface area contributed by atoms with E-state index in [1.807, 2.05) is 25.2 Å². The lowest BCUT2D eigenvalue weighted by molar-refractivity contribution is 0.146. The second-order valence-electron chi connectivity index (χ2n) is 3.24. The molecule has 0 amide bonds. The highest BCUT2D eigenvalue weighted by Crippen LogP contribution is 2.30. The molecular formula is C10H13NO. The summed E-state index contributed by atoms with van der Waals surface area (Å²) in [6.45, 7) is 0. The normalized spacial score (nSPS) is 27.2. The fourth-order valence-corrected chi connectivity index (χ4v) is 1.83. The number of aliphatic hydroxyl groups excluding tert-OH is 1. The molecule has 0 heterocycles. The minimum Gasteiger partial charge on any atom is -0.387 e. The molecule has 0 spiro atoms. The minimum atomic E-state index is -0.328. The Balaban J connectivity index is 2.35. The summed E-state index contributed by atoms with van der Waals surface area (Å²) in [4.78, 5) is 0. The Morgan fingerprint density at radius 1 is 1.42 bits per heavy atom. The average Bonchev–Trinajstić information content (AvgIpc) is 2.44. The molecule has 0 saturated carbocycles. The number of rotatable bonds is 1. The van der Waals surface area contributed by atoms with E-state index in [4.69, 9.17) is 0 Å². The largest absolute Gasteiger partial charge is 0.387 e. The number of likely N-dealkylation sites (N-methyl/N-ethyl adjacent to an activating group) is 1. The molecule has 1 aromatic rings. The van der Waals surface area contributed by atoms with Crippen LogP contribution in [0.15, 0.2) is 24.3 Å². The van der Waals surface area contributed by atoms with Gasteiger partial charge in [0, 0.05) is 6.04 Å². The van der Waals surface area contributed by atoms with Gasteiger partial charge in [0.2, 0.25) is 0 Å². The summed E-state index contributed by atoms with van der Waals surface area (Å²) in [5.41, 5.74) is 2.35. The van der Waals surface area contributed by atoms with Crippen LogP contribution in [0.5, 0.6) is 0 Å². The quantitative estimate of drug-likeness (QED) is 0.643. The van der Waals surface area contributed by atoms with Crippen molar-refractivity contribution in [2.45, 2.75) is 18.6 Å². The van der Waals surface area contributed by atoms with Crippen molar-refractivity contribution in [3.05, 3.63) is 35.4 Å². The van der Waals surface area contributed by atoms with Crippen molar-refractivity contribution in [1.29, 1.82) is 0 Å².